The number of hydrogen-bond donors (Lipinski definition) is 2. The second-order valence-electron chi connectivity index (χ2n) is 3.51. The van der Waals surface area contributed by atoms with Crippen LogP contribution in [0.15, 0.2) is 0 Å². The maximum absolute atomic E-state index is 11.7. The topological polar surface area (TPSA) is 89.1 Å². The van der Waals surface area contributed by atoms with E-state index in [-0.39, 0.29) is 18.3 Å². The van der Waals surface area contributed by atoms with Gasteiger partial charge in [-0.15, -0.1) is 5.10 Å². The lowest BCUT2D eigenvalue weighted by atomic mass is 10.4. The third kappa shape index (κ3) is 4.42. The van der Waals surface area contributed by atoms with E-state index in [0.29, 0.717) is 25.5 Å². The van der Waals surface area contributed by atoms with Crippen molar-refractivity contribution in [2.24, 2.45) is 0 Å². The fraction of sp³-hybridized carbons (Fsp3) is 0.727. The van der Waals surface area contributed by atoms with E-state index in [0.717, 1.165) is 0 Å². The molecule has 0 radical (unpaired) electrons. The highest BCUT2D eigenvalue weighted by Crippen LogP contribution is 1.96. The van der Waals surface area contributed by atoms with Crippen LogP contribution in [-0.2, 0) is 15.9 Å². The minimum Gasteiger partial charge on any atom is -0.351 e. The molecule has 0 atom stereocenters. The number of rotatable bonds is 8. The molecule has 1 heterocycles. The quantitative estimate of drug-likeness (QED) is 0.661. The molecule has 0 aliphatic carbocycles. The van der Waals surface area contributed by atoms with Crippen molar-refractivity contribution >= 4 is 5.91 Å². The largest absolute Gasteiger partial charge is 0.351 e. The summed E-state index contributed by atoms with van der Waals surface area (Å²) >= 11 is 0. The highest BCUT2D eigenvalue weighted by Gasteiger charge is 2.14. The number of aromatic amines is 1. The molecule has 0 aromatic carbocycles. The van der Waals surface area contributed by atoms with Gasteiger partial charge in [0.25, 0.3) is 5.91 Å². The lowest BCUT2D eigenvalue weighted by Crippen LogP contribution is -2.35. The Kier molecular flexibility index (Phi) is 6.31. The molecule has 7 heteroatoms. The molecular formula is C11H20N4O3. The molecule has 0 bridgehead atoms. The van der Waals surface area contributed by atoms with Gasteiger partial charge in [0.1, 0.15) is 5.82 Å². The zero-order chi connectivity index (χ0) is 13.4. The average molecular weight is 256 g/mol. The fourth-order valence-corrected chi connectivity index (χ4v) is 1.35. The minimum atomic E-state index is -0.437. The zero-order valence-corrected chi connectivity index (χ0v) is 11.0. The molecule has 0 saturated carbocycles. The first-order valence-corrected chi connectivity index (χ1v) is 6.13. The number of aromatic nitrogens is 3. The summed E-state index contributed by atoms with van der Waals surface area (Å²) in [5, 5.41) is 9.19. The number of carbonyl (C=O) groups excluding carboxylic acids is 1. The summed E-state index contributed by atoms with van der Waals surface area (Å²) < 4.78 is 10.6. The first-order chi connectivity index (χ1) is 8.71. The molecular weight excluding hydrogens is 236 g/mol. The van der Waals surface area contributed by atoms with Gasteiger partial charge in [-0.2, -0.15) is 0 Å². The maximum atomic E-state index is 11.7. The molecule has 0 aliphatic rings. The summed E-state index contributed by atoms with van der Waals surface area (Å²) in [6, 6.07) is 0. The van der Waals surface area contributed by atoms with E-state index in [1.165, 1.54) is 0 Å². The normalized spacial score (nSPS) is 10.9. The van der Waals surface area contributed by atoms with E-state index < -0.39 is 6.29 Å². The van der Waals surface area contributed by atoms with E-state index >= 15 is 0 Å². The Morgan fingerprint density at radius 2 is 2.00 bits per heavy atom. The molecule has 18 heavy (non-hydrogen) atoms. The maximum Gasteiger partial charge on any atom is 0.291 e. The van der Waals surface area contributed by atoms with Gasteiger partial charge < -0.3 is 14.8 Å². The third-order valence-corrected chi connectivity index (χ3v) is 2.20. The van der Waals surface area contributed by atoms with E-state index in [2.05, 4.69) is 20.5 Å². The number of nitrogens with zero attached hydrogens (tertiary/aromatic N) is 2. The Bertz CT molecular complexity index is 361. The second kappa shape index (κ2) is 7.78. The van der Waals surface area contributed by atoms with Crippen LogP contribution in [0.4, 0.5) is 0 Å². The fourth-order valence-electron chi connectivity index (χ4n) is 1.35. The van der Waals surface area contributed by atoms with Gasteiger partial charge in [-0.05, 0) is 13.8 Å². The number of hydrogen-bond acceptors (Lipinski definition) is 5. The van der Waals surface area contributed by atoms with E-state index in [9.17, 15) is 4.79 Å². The molecule has 102 valence electrons. The number of H-pyrrole nitrogens is 1. The number of ether oxygens (including phenoxy) is 2. The first kappa shape index (κ1) is 14.6. The molecule has 1 aromatic heterocycles. The van der Waals surface area contributed by atoms with Crippen molar-refractivity contribution in [2.45, 2.75) is 33.5 Å². The summed E-state index contributed by atoms with van der Waals surface area (Å²) in [6.45, 7) is 7.01. The number of carbonyl (C=O) groups is 1. The Hall–Kier alpha value is -1.47. The molecule has 0 saturated heterocycles. The molecule has 1 amide bonds. The Balaban J connectivity index is 2.43. The summed E-state index contributed by atoms with van der Waals surface area (Å²) in [4.78, 5) is 15.8. The smallest absolute Gasteiger partial charge is 0.291 e. The van der Waals surface area contributed by atoms with Crippen LogP contribution < -0.4 is 5.32 Å². The molecule has 0 fully saturated rings. The average Bonchev–Trinajstić information content (AvgIpc) is 2.85. The Labute approximate surface area is 106 Å². The summed E-state index contributed by atoms with van der Waals surface area (Å²) in [5.74, 6) is 0.486. The van der Waals surface area contributed by atoms with Crippen molar-refractivity contribution in [1.82, 2.24) is 20.5 Å². The molecule has 0 spiro atoms. The van der Waals surface area contributed by atoms with E-state index in [1.807, 2.05) is 20.8 Å². The Morgan fingerprint density at radius 1 is 1.33 bits per heavy atom. The zero-order valence-electron chi connectivity index (χ0n) is 11.0. The van der Waals surface area contributed by atoms with Crippen LogP contribution in [0.25, 0.3) is 0 Å². The van der Waals surface area contributed by atoms with Gasteiger partial charge in [-0.25, -0.2) is 4.98 Å². The van der Waals surface area contributed by atoms with Crippen molar-refractivity contribution < 1.29 is 14.3 Å². The van der Waals surface area contributed by atoms with Gasteiger partial charge in [0.15, 0.2) is 6.29 Å². The lowest BCUT2D eigenvalue weighted by molar-refractivity contribution is -0.131. The first-order valence-electron chi connectivity index (χ1n) is 6.13. The van der Waals surface area contributed by atoms with Crippen LogP contribution in [0.3, 0.4) is 0 Å². The predicted octanol–water partition coefficient (Wildman–Crippen LogP) is 0.496. The molecule has 2 N–H and O–H groups in total. The highest BCUT2D eigenvalue weighted by atomic mass is 16.7. The van der Waals surface area contributed by atoms with E-state index in [1.54, 1.807) is 0 Å². The van der Waals surface area contributed by atoms with Gasteiger partial charge in [0.05, 0.1) is 6.54 Å². The van der Waals surface area contributed by atoms with Crippen LogP contribution in [0.1, 0.15) is 37.2 Å². The lowest BCUT2D eigenvalue weighted by Gasteiger charge is -2.16. The van der Waals surface area contributed by atoms with Gasteiger partial charge in [0.2, 0.25) is 5.82 Å². The van der Waals surface area contributed by atoms with Crippen molar-refractivity contribution in [3.8, 4) is 0 Å². The predicted molar refractivity (Wildman–Crippen MR) is 65.1 cm³/mol. The van der Waals surface area contributed by atoms with Gasteiger partial charge in [-0.3, -0.25) is 9.89 Å². The highest BCUT2D eigenvalue weighted by molar-refractivity contribution is 5.90. The van der Waals surface area contributed by atoms with Crippen molar-refractivity contribution in [3.63, 3.8) is 0 Å². The van der Waals surface area contributed by atoms with E-state index in [4.69, 9.17) is 9.47 Å². The van der Waals surface area contributed by atoms with Crippen LogP contribution in [-0.4, -0.2) is 47.1 Å². The SMILES string of the molecule is CCOC(CNC(=O)c1n[nH]c(CC)n1)OCC. The van der Waals surface area contributed by atoms with Crippen molar-refractivity contribution in [1.29, 1.82) is 0 Å². The molecule has 0 unspecified atom stereocenters. The molecule has 1 aromatic rings. The molecule has 1 rings (SSSR count). The summed E-state index contributed by atoms with van der Waals surface area (Å²) in [7, 11) is 0. The number of aryl methyl sites for hydroxylation is 1. The van der Waals surface area contributed by atoms with Crippen LogP contribution in [0.2, 0.25) is 0 Å². The Morgan fingerprint density at radius 3 is 2.50 bits per heavy atom. The second-order valence-corrected chi connectivity index (χ2v) is 3.51. The summed E-state index contributed by atoms with van der Waals surface area (Å²) in [5.41, 5.74) is 0. The number of amides is 1. The van der Waals surface area contributed by atoms with Crippen molar-refractivity contribution in [3.05, 3.63) is 11.6 Å². The van der Waals surface area contributed by atoms with Crippen LogP contribution >= 0.6 is 0 Å². The van der Waals surface area contributed by atoms with Crippen molar-refractivity contribution in [2.75, 3.05) is 19.8 Å². The van der Waals surface area contributed by atoms with Gasteiger partial charge in [0, 0.05) is 19.6 Å². The standard InChI is InChI=1S/C11H20N4O3/c1-4-8-13-10(15-14-8)11(16)12-7-9(17-5-2)18-6-3/h9H,4-7H2,1-3H3,(H,12,16)(H,13,14,15). The molecule has 0 aliphatic heterocycles. The number of nitrogens with one attached hydrogen (secondary N) is 2. The minimum absolute atomic E-state index is 0.138. The van der Waals surface area contributed by atoms with Gasteiger partial charge >= 0.3 is 0 Å². The monoisotopic (exact) mass is 256 g/mol. The third-order valence-electron chi connectivity index (χ3n) is 2.20. The van der Waals surface area contributed by atoms with Crippen LogP contribution in [0.5, 0.6) is 0 Å². The summed E-state index contributed by atoms with van der Waals surface area (Å²) in [6.07, 6.45) is 0.273. The molecule has 7 nitrogen and oxygen atoms in total. The van der Waals surface area contributed by atoms with Crippen LogP contribution in [0, 0.1) is 0 Å². The van der Waals surface area contributed by atoms with Gasteiger partial charge in [-0.1, -0.05) is 6.92 Å².